The fourth-order valence-electron chi connectivity index (χ4n) is 6.47. The first-order chi connectivity index (χ1) is 31.0. The van der Waals surface area contributed by atoms with E-state index in [0.29, 0.717) is 10.9 Å². The number of carboxylic acid groups (broad SMARTS) is 1. The van der Waals surface area contributed by atoms with Crippen LogP contribution in [0.1, 0.15) is 63.8 Å². The SMILES string of the molecule is COc1c(NC(=O)c2ccc(NC(=O)c3ccc(NC(=O)C(CC#N)NC(=O)c4ccc(NC(=O)c5c(C)c6ccc(O)cc6oc5=O)cc4)cc3)c(OC)c2O)ccc(C(=O)O)c1O. The lowest BCUT2D eigenvalue weighted by molar-refractivity contribution is -0.117. The number of hydrogen-bond donors (Lipinski definition) is 9. The van der Waals surface area contributed by atoms with Gasteiger partial charge in [0.05, 0.1) is 43.6 Å². The van der Waals surface area contributed by atoms with Gasteiger partial charge in [-0.25, -0.2) is 9.59 Å². The van der Waals surface area contributed by atoms with Crippen LogP contribution in [0, 0.1) is 18.3 Å². The van der Waals surface area contributed by atoms with Gasteiger partial charge in [-0.3, -0.25) is 24.0 Å². The van der Waals surface area contributed by atoms with Gasteiger partial charge >= 0.3 is 11.6 Å². The van der Waals surface area contributed by atoms with Crippen molar-refractivity contribution in [2.75, 3.05) is 35.5 Å². The Hall–Kier alpha value is -9.38. The number of methoxy groups -OCH3 is 2. The number of nitriles is 1. The molecule has 0 spiro atoms. The summed E-state index contributed by atoms with van der Waals surface area (Å²) in [6.45, 7) is 1.56. The van der Waals surface area contributed by atoms with Crippen LogP contribution in [0.2, 0.25) is 0 Å². The monoisotopic (exact) mass is 884 g/mol. The first-order valence-electron chi connectivity index (χ1n) is 19.0. The molecule has 0 aliphatic rings. The van der Waals surface area contributed by atoms with Gasteiger partial charge in [-0.15, -0.1) is 0 Å². The zero-order valence-electron chi connectivity index (χ0n) is 34.3. The van der Waals surface area contributed by atoms with Crippen molar-refractivity contribution < 1.29 is 63.1 Å². The van der Waals surface area contributed by atoms with Gasteiger partial charge in [0, 0.05) is 34.0 Å². The quantitative estimate of drug-likeness (QED) is 0.0624. The van der Waals surface area contributed by atoms with Crippen molar-refractivity contribution in [3.05, 3.63) is 135 Å². The van der Waals surface area contributed by atoms with Gasteiger partial charge in [0.2, 0.25) is 5.91 Å². The fraction of sp³-hybridized carbons (Fsp3) is 0.111. The molecule has 1 unspecified atom stereocenters. The molecule has 1 atom stereocenters. The maximum Gasteiger partial charge on any atom is 0.349 e. The van der Waals surface area contributed by atoms with E-state index in [1.807, 2.05) is 6.07 Å². The number of aromatic carboxylic acids is 1. The molecule has 0 aliphatic carbocycles. The summed E-state index contributed by atoms with van der Waals surface area (Å²) >= 11 is 0. The van der Waals surface area contributed by atoms with E-state index >= 15 is 0 Å². The van der Waals surface area contributed by atoms with Gasteiger partial charge in [-0.2, -0.15) is 5.26 Å². The number of rotatable bonds is 14. The first-order valence-corrected chi connectivity index (χ1v) is 19.0. The molecule has 5 aromatic carbocycles. The third-order valence-electron chi connectivity index (χ3n) is 9.76. The number of aryl methyl sites for hydroxylation is 1. The second kappa shape index (κ2) is 19.1. The summed E-state index contributed by atoms with van der Waals surface area (Å²) in [6.07, 6.45) is -0.410. The van der Waals surface area contributed by atoms with Crippen LogP contribution in [0.3, 0.4) is 0 Å². The third-order valence-corrected chi connectivity index (χ3v) is 9.76. The minimum absolute atomic E-state index is 0.0344. The standard InChI is InChI=1S/C45H36N6O14/c1-21-27-13-12-26(52)20-33(27)65-45(62)34(21)43(59)48-25-10-6-23(7-11-25)40(56)51-32(18-19-46)42(58)47-24-8-4-22(5-9-24)39(55)49-30-16-14-28(35(53)37(30)63-2)41(57)50-31-17-15-29(44(60)61)36(54)38(31)64-3/h4-17,20,32,52-54H,18H2,1-3H3,(H,47,58)(H,48,59)(H,49,55)(H,50,57)(H,51,56)(H,60,61). The number of carbonyl (C=O) groups is 6. The molecule has 0 fully saturated rings. The Balaban J connectivity index is 1.06. The molecule has 0 bridgehead atoms. The molecule has 0 radical (unpaired) electrons. The smallest absolute Gasteiger partial charge is 0.349 e. The average molecular weight is 885 g/mol. The first kappa shape index (κ1) is 45.2. The van der Waals surface area contributed by atoms with Crippen LogP contribution in [0.15, 0.2) is 100 Å². The maximum atomic E-state index is 13.2. The largest absolute Gasteiger partial charge is 0.508 e. The number of nitrogens with zero attached hydrogens (tertiary/aromatic N) is 1. The number of amides is 5. The number of nitrogens with one attached hydrogen (secondary N) is 5. The molecule has 20 heteroatoms. The third kappa shape index (κ3) is 9.74. The molecule has 0 aliphatic heterocycles. The van der Waals surface area contributed by atoms with E-state index in [9.17, 15) is 59.2 Å². The lowest BCUT2D eigenvalue weighted by atomic mass is 10.1. The molecule has 5 amide bonds. The molecule has 6 rings (SSSR count). The van der Waals surface area contributed by atoms with Crippen LogP contribution in [-0.4, -0.2) is 76.2 Å². The number of fused-ring (bicyclic) bond motifs is 1. The van der Waals surface area contributed by atoms with Crippen LogP contribution in [0.5, 0.6) is 28.7 Å². The van der Waals surface area contributed by atoms with Crippen LogP contribution in [0.4, 0.5) is 22.7 Å². The highest BCUT2D eigenvalue weighted by molar-refractivity contribution is 6.11. The molecule has 1 aromatic heterocycles. The summed E-state index contributed by atoms with van der Waals surface area (Å²) in [4.78, 5) is 89.7. The van der Waals surface area contributed by atoms with Gasteiger partial charge in [0.25, 0.3) is 23.6 Å². The Labute approximate surface area is 366 Å². The Bertz CT molecular complexity index is 3010. The van der Waals surface area contributed by atoms with Gasteiger partial charge in [0.15, 0.2) is 23.0 Å². The summed E-state index contributed by atoms with van der Waals surface area (Å²) < 4.78 is 15.5. The molecular formula is C45H36N6O14. The number of phenols is 3. The van der Waals surface area contributed by atoms with E-state index < -0.39 is 70.7 Å². The van der Waals surface area contributed by atoms with Gasteiger partial charge in [-0.1, -0.05) is 0 Å². The highest BCUT2D eigenvalue weighted by Crippen LogP contribution is 2.40. The molecule has 0 saturated carbocycles. The van der Waals surface area contributed by atoms with E-state index in [4.69, 9.17) is 13.9 Å². The van der Waals surface area contributed by atoms with Crippen molar-refractivity contribution in [3.8, 4) is 34.8 Å². The second-order valence-electron chi connectivity index (χ2n) is 13.9. The number of phenolic OH excluding ortho intramolecular Hbond substituents is 2. The van der Waals surface area contributed by atoms with Gasteiger partial charge < -0.3 is 60.9 Å². The minimum Gasteiger partial charge on any atom is -0.508 e. The highest BCUT2D eigenvalue weighted by Gasteiger charge is 2.26. The van der Waals surface area contributed by atoms with Crippen molar-refractivity contribution in [1.29, 1.82) is 5.26 Å². The van der Waals surface area contributed by atoms with E-state index in [1.54, 1.807) is 6.92 Å². The number of hydrogen-bond acceptors (Lipinski definition) is 14. The van der Waals surface area contributed by atoms with E-state index in [-0.39, 0.29) is 67.8 Å². The Morgan fingerprint density at radius 1 is 0.677 bits per heavy atom. The number of ether oxygens (including phenoxy) is 2. The summed E-state index contributed by atoms with van der Waals surface area (Å²) in [7, 11) is 2.33. The van der Waals surface area contributed by atoms with Crippen LogP contribution in [0.25, 0.3) is 11.0 Å². The molecule has 65 heavy (non-hydrogen) atoms. The number of aromatic hydroxyl groups is 3. The Morgan fingerprint density at radius 2 is 1.22 bits per heavy atom. The number of carbonyl (C=O) groups excluding carboxylic acids is 5. The summed E-state index contributed by atoms with van der Waals surface area (Å²) in [5.74, 6) is -7.40. The van der Waals surface area contributed by atoms with Crippen LogP contribution >= 0.6 is 0 Å². The van der Waals surface area contributed by atoms with Crippen molar-refractivity contribution in [2.45, 2.75) is 19.4 Å². The normalized spacial score (nSPS) is 11.0. The molecule has 330 valence electrons. The van der Waals surface area contributed by atoms with E-state index in [1.165, 1.54) is 92.0 Å². The fourth-order valence-corrected chi connectivity index (χ4v) is 6.47. The summed E-state index contributed by atoms with van der Waals surface area (Å²) in [6, 6.07) is 20.4. The summed E-state index contributed by atoms with van der Waals surface area (Å²) in [5, 5.41) is 62.7. The Kier molecular flexibility index (Phi) is 13.3. The zero-order valence-corrected chi connectivity index (χ0v) is 34.3. The van der Waals surface area contributed by atoms with Crippen molar-refractivity contribution >= 4 is 69.2 Å². The van der Waals surface area contributed by atoms with E-state index in [2.05, 4.69) is 26.6 Å². The van der Waals surface area contributed by atoms with Crippen molar-refractivity contribution in [2.24, 2.45) is 0 Å². The lowest BCUT2D eigenvalue weighted by Crippen LogP contribution is -2.43. The zero-order chi connectivity index (χ0) is 47.1. The molecule has 6 aromatic rings. The molecule has 9 N–H and O–H groups in total. The number of anilines is 4. The molecule has 1 heterocycles. The highest BCUT2D eigenvalue weighted by atomic mass is 16.5. The minimum atomic E-state index is -1.43. The average Bonchev–Trinajstić information content (AvgIpc) is 3.26. The maximum absolute atomic E-state index is 13.2. The number of carboxylic acids is 1. The van der Waals surface area contributed by atoms with Crippen molar-refractivity contribution in [3.63, 3.8) is 0 Å². The van der Waals surface area contributed by atoms with Crippen molar-refractivity contribution in [1.82, 2.24) is 5.32 Å². The van der Waals surface area contributed by atoms with Crippen LogP contribution < -0.4 is 41.7 Å². The second-order valence-corrected chi connectivity index (χ2v) is 13.9. The molecule has 0 saturated heterocycles. The van der Waals surface area contributed by atoms with E-state index in [0.717, 1.165) is 13.2 Å². The predicted octanol–water partition coefficient (Wildman–Crippen LogP) is 5.34. The predicted molar refractivity (Wildman–Crippen MR) is 232 cm³/mol. The summed E-state index contributed by atoms with van der Waals surface area (Å²) in [5.41, 5.74) is -1.07. The topological polar surface area (TPSA) is 316 Å². The lowest BCUT2D eigenvalue weighted by Gasteiger charge is -2.17. The molecular weight excluding hydrogens is 849 g/mol. The van der Waals surface area contributed by atoms with Gasteiger partial charge in [0.1, 0.15) is 28.5 Å². The Morgan fingerprint density at radius 3 is 1.78 bits per heavy atom. The van der Waals surface area contributed by atoms with Crippen LogP contribution in [-0.2, 0) is 4.79 Å². The molecule has 20 nitrogen and oxygen atoms in total. The number of benzene rings is 5. The van der Waals surface area contributed by atoms with Gasteiger partial charge in [-0.05, 0) is 97.4 Å².